The Morgan fingerprint density at radius 2 is 1.88 bits per heavy atom. The number of hydrogen-bond acceptors (Lipinski definition) is 4. The number of nitrogens with zero attached hydrogens (tertiary/aromatic N) is 2. The number of hydrogen-bond donors (Lipinski definition) is 0. The molecule has 0 radical (unpaired) electrons. The van der Waals surface area contributed by atoms with Crippen molar-refractivity contribution in [3.05, 3.63) is 69.5 Å². The molecule has 0 N–H and O–H groups in total. The number of para-hydroxylation sites is 1. The van der Waals surface area contributed by atoms with E-state index in [1.165, 1.54) is 10.2 Å². The number of aromatic nitrogens is 1. The van der Waals surface area contributed by atoms with Crippen molar-refractivity contribution >= 4 is 66.3 Å². The molecular weight excluding hydrogens is 484 g/mol. The third-order valence-corrected chi connectivity index (χ3v) is 7.37. The zero-order valence-corrected chi connectivity index (χ0v) is 20.9. The van der Waals surface area contributed by atoms with Gasteiger partial charge in [0.15, 0.2) is 6.54 Å². The average molecular weight is 512 g/mol. The molecule has 32 heavy (non-hydrogen) atoms. The fraction of sp³-hybridized carbons (Fsp3) is 0.308. The third-order valence-electron chi connectivity index (χ3n) is 5.68. The molecule has 2 aromatic carbocycles. The molecule has 2 heterocycles. The Morgan fingerprint density at radius 3 is 2.66 bits per heavy atom. The van der Waals surface area contributed by atoms with Crippen LogP contribution in [0.25, 0.3) is 33.3 Å². The van der Waals surface area contributed by atoms with Gasteiger partial charge in [-0.1, -0.05) is 39.4 Å². The van der Waals surface area contributed by atoms with E-state index < -0.39 is 0 Å². The van der Waals surface area contributed by atoms with Gasteiger partial charge in [-0.3, -0.25) is 0 Å². The van der Waals surface area contributed by atoms with Crippen molar-refractivity contribution in [2.24, 2.45) is 0 Å². The number of alkyl halides is 1. The molecular formula is C26H28BrN2O2S+. The summed E-state index contributed by atoms with van der Waals surface area (Å²) in [5.41, 5.74) is 3.20. The standard InChI is InChI=1S/C26H28BrN2O2S/c1-3-28(4-2)21-13-11-19-17-20(26(30)31-23(19)18-21)12-14-25-29(16-8-7-15-27)22-9-5-6-10-24(22)32-25/h5-6,9-14,17-18H,3-4,7-8,15-16H2,1-2H3/q+1. The van der Waals surface area contributed by atoms with Gasteiger partial charge in [0.2, 0.25) is 5.52 Å². The van der Waals surface area contributed by atoms with Crippen LogP contribution in [-0.2, 0) is 6.54 Å². The van der Waals surface area contributed by atoms with E-state index in [9.17, 15) is 4.79 Å². The Balaban J connectivity index is 1.68. The van der Waals surface area contributed by atoms with E-state index in [0.717, 1.165) is 53.9 Å². The smallest absolute Gasteiger partial charge is 0.343 e. The number of unbranched alkanes of at least 4 members (excludes halogenated alkanes) is 1. The Bertz CT molecular complexity index is 1300. The Kier molecular flexibility index (Phi) is 7.43. The van der Waals surface area contributed by atoms with Gasteiger partial charge >= 0.3 is 5.63 Å². The second-order valence-corrected chi connectivity index (χ2v) is 9.53. The van der Waals surface area contributed by atoms with E-state index in [1.807, 2.05) is 30.4 Å². The number of benzene rings is 2. The van der Waals surface area contributed by atoms with Gasteiger partial charge in [0.25, 0.3) is 5.01 Å². The molecule has 4 nitrogen and oxygen atoms in total. The van der Waals surface area contributed by atoms with Crippen molar-refractivity contribution in [1.29, 1.82) is 0 Å². The van der Waals surface area contributed by atoms with Crippen molar-refractivity contribution in [2.75, 3.05) is 23.3 Å². The molecule has 4 rings (SSSR count). The molecule has 166 valence electrons. The summed E-state index contributed by atoms with van der Waals surface area (Å²) in [6.07, 6.45) is 6.16. The lowest BCUT2D eigenvalue weighted by Gasteiger charge is -2.20. The first kappa shape index (κ1) is 22.7. The van der Waals surface area contributed by atoms with Crippen molar-refractivity contribution < 1.29 is 8.98 Å². The van der Waals surface area contributed by atoms with Crippen molar-refractivity contribution in [2.45, 2.75) is 33.2 Å². The van der Waals surface area contributed by atoms with Crippen LogP contribution in [-0.4, -0.2) is 18.4 Å². The van der Waals surface area contributed by atoms with Crippen LogP contribution in [0.15, 0.2) is 57.7 Å². The minimum absolute atomic E-state index is 0.308. The van der Waals surface area contributed by atoms with Gasteiger partial charge in [-0.15, -0.1) is 0 Å². The Hall–Kier alpha value is -2.44. The summed E-state index contributed by atoms with van der Waals surface area (Å²) in [6, 6.07) is 16.5. The molecule has 2 aromatic heterocycles. The summed E-state index contributed by atoms with van der Waals surface area (Å²) in [5.74, 6) is 0. The average Bonchev–Trinajstić information content (AvgIpc) is 3.16. The maximum atomic E-state index is 12.7. The fourth-order valence-corrected chi connectivity index (χ4v) is 5.44. The molecule has 0 aliphatic rings. The van der Waals surface area contributed by atoms with Crippen molar-refractivity contribution in [3.63, 3.8) is 0 Å². The first-order valence-electron chi connectivity index (χ1n) is 11.1. The monoisotopic (exact) mass is 511 g/mol. The summed E-state index contributed by atoms with van der Waals surface area (Å²) in [6.45, 7) is 7.03. The van der Waals surface area contributed by atoms with Crippen LogP contribution in [0.3, 0.4) is 0 Å². The third kappa shape index (κ3) is 4.81. The molecule has 0 amide bonds. The molecule has 0 unspecified atom stereocenters. The molecule has 0 bridgehead atoms. The van der Waals surface area contributed by atoms with Gasteiger partial charge < -0.3 is 9.32 Å². The lowest BCUT2D eigenvalue weighted by Crippen LogP contribution is -2.35. The van der Waals surface area contributed by atoms with Gasteiger partial charge in [-0.05, 0) is 50.6 Å². The number of anilines is 1. The lowest BCUT2D eigenvalue weighted by molar-refractivity contribution is -0.669. The number of halogens is 1. The van der Waals surface area contributed by atoms with Crippen molar-refractivity contribution in [3.8, 4) is 0 Å². The highest BCUT2D eigenvalue weighted by molar-refractivity contribution is 9.09. The maximum absolute atomic E-state index is 12.7. The number of rotatable bonds is 9. The largest absolute Gasteiger partial charge is 0.422 e. The highest BCUT2D eigenvalue weighted by Crippen LogP contribution is 2.24. The van der Waals surface area contributed by atoms with Crippen LogP contribution in [0, 0.1) is 0 Å². The summed E-state index contributed by atoms with van der Waals surface area (Å²) < 4.78 is 9.28. The predicted octanol–water partition coefficient (Wildman–Crippen LogP) is 6.49. The van der Waals surface area contributed by atoms with Gasteiger partial charge in [-0.2, -0.15) is 4.57 Å². The van der Waals surface area contributed by atoms with Gasteiger partial charge in [0.1, 0.15) is 10.3 Å². The zero-order chi connectivity index (χ0) is 22.5. The molecule has 0 saturated heterocycles. The van der Waals surface area contributed by atoms with Gasteiger partial charge in [0, 0.05) is 54.1 Å². The first-order chi connectivity index (χ1) is 15.6. The molecule has 0 aliphatic carbocycles. The molecule has 6 heteroatoms. The van der Waals surface area contributed by atoms with E-state index in [-0.39, 0.29) is 5.63 Å². The van der Waals surface area contributed by atoms with Crippen LogP contribution in [0.1, 0.15) is 37.3 Å². The maximum Gasteiger partial charge on any atom is 0.343 e. The minimum atomic E-state index is -0.308. The zero-order valence-electron chi connectivity index (χ0n) is 18.5. The second kappa shape index (κ2) is 10.5. The number of thiazole rings is 1. The normalized spacial score (nSPS) is 11.7. The van der Waals surface area contributed by atoms with Crippen LogP contribution in [0.4, 0.5) is 5.69 Å². The molecule has 0 spiro atoms. The second-order valence-electron chi connectivity index (χ2n) is 7.67. The highest BCUT2D eigenvalue weighted by Gasteiger charge is 2.18. The molecule has 0 saturated carbocycles. The minimum Gasteiger partial charge on any atom is -0.422 e. The highest BCUT2D eigenvalue weighted by atomic mass is 79.9. The molecule has 0 atom stereocenters. The van der Waals surface area contributed by atoms with Crippen LogP contribution >= 0.6 is 27.3 Å². The lowest BCUT2D eigenvalue weighted by atomic mass is 10.1. The molecule has 0 aliphatic heterocycles. The van der Waals surface area contributed by atoms with E-state index in [1.54, 1.807) is 11.3 Å². The Morgan fingerprint density at radius 1 is 1.06 bits per heavy atom. The van der Waals surface area contributed by atoms with Gasteiger partial charge in [-0.25, -0.2) is 4.79 Å². The van der Waals surface area contributed by atoms with Crippen molar-refractivity contribution in [1.82, 2.24) is 0 Å². The Labute approximate surface area is 200 Å². The summed E-state index contributed by atoms with van der Waals surface area (Å²) in [7, 11) is 0. The van der Waals surface area contributed by atoms with Gasteiger partial charge in [0.05, 0.1) is 5.56 Å². The summed E-state index contributed by atoms with van der Waals surface area (Å²) in [4.78, 5) is 14.9. The summed E-state index contributed by atoms with van der Waals surface area (Å²) in [5, 5.41) is 3.08. The van der Waals surface area contributed by atoms with E-state index in [0.29, 0.717) is 11.1 Å². The predicted molar refractivity (Wildman–Crippen MR) is 140 cm³/mol. The first-order valence-corrected chi connectivity index (χ1v) is 13.1. The van der Waals surface area contributed by atoms with E-state index in [2.05, 4.69) is 69.6 Å². The number of fused-ring (bicyclic) bond motifs is 2. The van der Waals surface area contributed by atoms with Crippen LogP contribution in [0.5, 0.6) is 0 Å². The molecule has 0 fully saturated rings. The summed E-state index contributed by atoms with van der Waals surface area (Å²) >= 11 is 5.27. The van der Waals surface area contributed by atoms with Crippen LogP contribution in [0.2, 0.25) is 0 Å². The van der Waals surface area contributed by atoms with E-state index >= 15 is 0 Å². The quantitative estimate of drug-likeness (QED) is 0.111. The molecule has 4 aromatic rings. The van der Waals surface area contributed by atoms with E-state index in [4.69, 9.17) is 4.42 Å². The number of aryl methyl sites for hydroxylation is 1. The SMILES string of the molecule is CCN(CC)c1ccc2cc(C=Cc3sc4ccccc4[n+]3CCCCBr)c(=O)oc2c1. The van der Waals surface area contributed by atoms with Crippen LogP contribution < -0.4 is 15.1 Å². The fourth-order valence-electron chi connectivity index (χ4n) is 3.95. The topological polar surface area (TPSA) is 37.3 Å².